The molecule has 9 nitrogen and oxygen atoms in total. The molecule has 34 heavy (non-hydrogen) atoms. The van der Waals surface area contributed by atoms with E-state index in [4.69, 9.17) is 21.1 Å². The maximum Gasteiger partial charge on any atom is 0.305 e. The molecule has 0 aliphatic carbocycles. The molecule has 2 N–H and O–H groups in total. The predicted octanol–water partition coefficient (Wildman–Crippen LogP) is 3.33. The normalized spacial score (nSPS) is 15.4. The maximum atomic E-state index is 13.5. The SMILES string of the molecule is CCN1c2nc(Oc3ccccc3OC)n(Cc3ccc(Cl)cc3)c2C(=O)N(CCCO)C1O. The first-order valence-electron chi connectivity index (χ1n) is 11.0. The minimum Gasteiger partial charge on any atom is -0.493 e. The lowest BCUT2D eigenvalue weighted by atomic mass is 10.2. The summed E-state index contributed by atoms with van der Waals surface area (Å²) in [6, 6.07) is 14.6. The Balaban J connectivity index is 1.84. The standard InChI is InChI=1S/C24H27ClN4O5/c1-3-27-21-20(22(31)28(24(27)32)13-6-14-30)29(15-16-9-11-17(25)12-10-16)23(26-21)34-19-8-5-4-7-18(19)33-2/h4-5,7-12,24,30,32H,3,6,13-15H2,1-2H3. The molecule has 2 heterocycles. The highest BCUT2D eigenvalue weighted by molar-refractivity contribution is 6.30. The summed E-state index contributed by atoms with van der Waals surface area (Å²) < 4.78 is 13.2. The number of benzene rings is 2. The van der Waals surface area contributed by atoms with Gasteiger partial charge >= 0.3 is 6.01 Å². The van der Waals surface area contributed by atoms with E-state index in [1.807, 2.05) is 31.2 Å². The second kappa shape index (κ2) is 10.3. The van der Waals surface area contributed by atoms with Crippen LogP contribution in [0, 0.1) is 0 Å². The van der Waals surface area contributed by atoms with Crippen LogP contribution in [-0.4, -0.2) is 63.7 Å². The fraction of sp³-hybridized carbons (Fsp3) is 0.333. The van der Waals surface area contributed by atoms with Crippen LogP contribution in [0.1, 0.15) is 29.4 Å². The number of hydrogen-bond donors (Lipinski definition) is 2. The molecule has 1 aromatic heterocycles. The molecule has 0 radical (unpaired) electrons. The number of ether oxygens (including phenoxy) is 2. The Morgan fingerprint density at radius 2 is 1.79 bits per heavy atom. The zero-order valence-corrected chi connectivity index (χ0v) is 19.8. The smallest absolute Gasteiger partial charge is 0.305 e. The Kier molecular flexibility index (Phi) is 7.26. The van der Waals surface area contributed by atoms with Crippen molar-refractivity contribution in [3.05, 3.63) is 64.8 Å². The Labute approximate surface area is 202 Å². The molecular formula is C24H27ClN4O5. The van der Waals surface area contributed by atoms with Gasteiger partial charge in [0.25, 0.3) is 5.91 Å². The minimum absolute atomic E-state index is 0.0956. The van der Waals surface area contributed by atoms with Gasteiger partial charge in [-0.15, -0.1) is 0 Å². The van der Waals surface area contributed by atoms with E-state index in [9.17, 15) is 15.0 Å². The summed E-state index contributed by atoms with van der Waals surface area (Å²) in [5.41, 5.74) is 1.18. The highest BCUT2D eigenvalue weighted by atomic mass is 35.5. The summed E-state index contributed by atoms with van der Waals surface area (Å²) in [6.07, 6.45) is -0.861. The Morgan fingerprint density at radius 1 is 1.09 bits per heavy atom. The molecule has 0 saturated heterocycles. The van der Waals surface area contributed by atoms with E-state index >= 15 is 0 Å². The third-order valence-corrected chi connectivity index (χ3v) is 5.88. The molecular weight excluding hydrogens is 460 g/mol. The van der Waals surface area contributed by atoms with Gasteiger partial charge in [-0.1, -0.05) is 35.9 Å². The number of imidazole rings is 1. The minimum atomic E-state index is -1.20. The lowest BCUT2D eigenvalue weighted by Gasteiger charge is -2.40. The number of para-hydroxylation sites is 2. The number of carbonyl (C=O) groups excluding carboxylic acids is 1. The molecule has 1 unspecified atom stereocenters. The number of aromatic nitrogens is 2. The van der Waals surface area contributed by atoms with Crippen LogP contribution in [0.3, 0.4) is 0 Å². The topological polar surface area (TPSA) is 100 Å². The molecule has 2 aromatic carbocycles. The number of carbonyl (C=O) groups is 1. The van der Waals surface area contributed by atoms with Gasteiger partial charge in [0.05, 0.1) is 13.7 Å². The van der Waals surface area contributed by atoms with Crippen molar-refractivity contribution in [1.82, 2.24) is 14.5 Å². The highest BCUT2D eigenvalue weighted by Gasteiger charge is 2.41. The molecule has 0 spiro atoms. The fourth-order valence-corrected chi connectivity index (χ4v) is 4.05. The van der Waals surface area contributed by atoms with Gasteiger partial charge in [0, 0.05) is 24.7 Å². The van der Waals surface area contributed by atoms with E-state index < -0.39 is 12.3 Å². The summed E-state index contributed by atoms with van der Waals surface area (Å²) in [7, 11) is 1.55. The first-order valence-corrected chi connectivity index (χ1v) is 11.4. The molecule has 10 heteroatoms. The van der Waals surface area contributed by atoms with Gasteiger partial charge in [0.1, 0.15) is 0 Å². The largest absolute Gasteiger partial charge is 0.493 e. The molecule has 180 valence electrons. The van der Waals surface area contributed by atoms with E-state index in [0.29, 0.717) is 41.0 Å². The van der Waals surface area contributed by atoms with Gasteiger partial charge in [0.15, 0.2) is 23.0 Å². The fourth-order valence-electron chi connectivity index (χ4n) is 3.92. The molecule has 1 amide bonds. The molecule has 0 saturated carbocycles. The number of hydrogen-bond acceptors (Lipinski definition) is 7. The Bertz CT molecular complexity index is 1150. The van der Waals surface area contributed by atoms with E-state index in [2.05, 4.69) is 4.98 Å². The zero-order valence-electron chi connectivity index (χ0n) is 19.0. The van der Waals surface area contributed by atoms with Crippen molar-refractivity contribution in [1.29, 1.82) is 0 Å². The summed E-state index contributed by atoms with van der Waals surface area (Å²) in [5.74, 6) is 0.902. The number of anilines is 1. The molecule has 4 rings (SSSR count). The van der Waals surface area contributed by atoms with Gasteiger partial charge in [-0.3, -0.25) is 14.3 Å². The Hall–Kier alpha value is -3.27. The number of halogens is 1. The van der Waals surface area contributed by atoms with Crippen LogP contribution in [0.2, 0.25) is 5.02 Å². The van der Waals surface area contributed by atoms with Gasteiger partial charge in [-0.05, 0) is 43.2 Å². The number of methoxy groups -OCH3 is 1. The summed E-state index contributed by atoms with van der Waals surface area (Å²) in [5, 5.41) is 20.8. The monoisotopic (exact) mass is 486 g/mol. The molecule has 1 atom stereocenters. The number of aliphatic hydroxyl groups excluding tert-OH is 2. The molecule has 1 aliphatic heterocycles. The lowest BCUT2D eigenvalue weighted by Crippen LogP contribution is -2.56. The van der Waals surface area contributed by atoms with E-state index in [0.717, 1.165) is 5.56 Å². The quantitative estimate of drug-likeness (QED) is 0.478. The second-order valence-corrected chi connectivity index (χ2v) is 8.18. The van der Waals surface area contributed by atoms with Crippen LogP contribution >= 0.6 is 11.6 Å². The van der Waals surface area contributed by atoms with Crippen molar-refractivity contribution in [2.45, 2.75) is 26.2 Å². The van der Waals surface area contributed by atoms with E-state index in [1.54, 1.807) is 40.8 Å². The van der Waals surface area contributed by atoms with E-state index in [-0.39, 0.29) is 25.7 Å². The van der Waals surface area contributed by atoms with Crippen molar-refractivity contribution in [2.75, 3.05) is 31.7 Å². The number of amides is 1. The summed E-state index contributed by atoms with van der Waals surface area (Å²) >= 11 is 6.05. The van der Waals surface area contributed by atoms with Crippen molar-refractivity contribution in [2.24, 2.45) is 0 Å². The average Bonchev–Trinajstić information content (AvgIpc) is 3.18. The van der Waals surface area contributed by atoms with Crippen LogP contribution in [0.5, 0.6) is 17.5 Å². The molecule has 1 aliphatic rings. The van der Waals surface area contributed by atoms with Crippen LogP contribution in [0.4, 0.5) is 5.82 Å². The third kappa shape index (κ3) is 4.54. The van der Waals surface area contributed by atoms with Crippen molar-refractivity contribution >= 4 is 23.3 Å². The molecule has 0 bridgehead atoms. The van der Waals surface area contributed by atoms with Crippen LogP contribution < -0.4 is 14.4 Å². The lowest BCUT2D eigenvalue weighted by molar-refractivity contribution is -0.00105. The van der Waals surface area contributed by atoms with Gasteiger partial charge < -0.3 is 24.6 Å². The maximum absolute atomic E-state index is 13.5. The Morgan fingerprint density at radius 3 is 2.44 bits per heavy atom. The van der Waals surface area contributed by atoms with Gasteiger partial charge in [0.2, 0.25) is 6.35 Å². The number of nitrogens with zero attached hydrogens (tertiary/aromatic N) is 4. The summed E-state index contributed by atoms with van der Waals surface area (Å²) in [4.78, 5) is 21.1. The van der Waals surface area contributed by atoms with Crippen LogP contribution in [0.25, 0.3) is 0 Å². The number of aliphatic hydroxyl groups is 2. The van der Waals surface area contributed by atoms with E-state index in [1.165, 1.54) is 4.90 Å². The third-order valence-electron chi connectivity index (χ3n) is 5.63. The second-order valence-electron chi connectivity index (χ2n) is 7.74. The zero-order chi connectivity index (χ0) is 24.2. The first-order chi connectivity index (χ1) is 16.5. The van der Waals surface area contributed by atoms with Crippen LogP contribution in [-0.2, 0) is 6.54 Å². The van der Waals surface area contributed by atoms with Crippen LogP contribution in [0.15, 0.2) is 48.5 Å². The number of fused-ring (bicyclic) bond motifs is 1. The molecule has 3 aromatic rings. The highest BCUT2D eigenvalue weighted by Crippen LogP contribution is 2.37. The van der Waals surface area contributed by atoms with Crippen molar-refractivity contribution in [3.8, 4) is 17.5 Å². The number of rotatable bonds is 9. The van der Waals surface area contributed by atoms with Gasteiger partial charge in [-0.25, -0.2) is 0 Å². The first kappa shape index (κ1) is 23.9. The average molecular weight is 487 g/mol. The van der Waals surface area contributed by atoms with Crippen molar-refractivity contribution < 1.29 is 24.5 Å². The predicted molar refractivity (Wildman–Crippen MR) is 128 cm³/mol. The molecule has 0 fully saturated rings. The van der Waals surface area contributed by atoms with Crippen molar-refractivity contribution in [3.63, 3.8) is 0 Å². The summed E-state index contributed by atoms with van der Waals surface area (Å²) in [6.45, 7) is 2.66. The van der Waals surface area contributed by atoms with Gasteiger partial charge in [-0.2, -0.15) is 4.98 Å².